The lowest BCUT2D eigenvalue weighted by molar-refractivity contribution is -0.123. The third kappa shape index (κ3) is 4.29. The molecule has 35 heavy (non-hydrogen) atoms. The fraction of sp³-hybridized carbons (Fsp3) is 0.346. The minimum absolute atomic E-state index is 0.135. The Balaban J connectivity index is 1.15. The van der Waals surface area contributed by atoms with Crippen LogP contribution in [0, 0.1) is 23.7 Å². The normalized spacial score (nSPS) is 24.3. The second kappa shape index (κ2) is 8.98. The predicted octanol–water partition coefficient (Wildman–Crippen LogP) is 2.98. The van der Waals surface area contributed by atoms with Gasteiger partial charge in [0.2, 0.25) is 17.7 Å². The van der Waals surface area contributed by atoms with Gasteiger partial charge in [-0.15, -0.1) is 0 Å². The van der Waals surface area contributed by atoms with Crippen molar-refractivity contribution in [2.75, 3.05) is 22.1 Å². The van der Waals surface area contributed by atoms with Crippen LogP contribution in [0.25, 0.3) is 0 Å². The number of hydrogen-bond donors (Lipinski definition) is 2. The first kappa shape index (κ1) is 22.8. The molecule has 3 aliphatic rings. The number of hydrogen-bond acceptors (Lipinski definition) is 6. The molecular weight excluding hydrogens is 450 g/mol. The molecule has 2 bridgehead atoms. The summed E-state index contributed by atoms with van der Waals surface area (Å²) in [7, 11) is 0. The molecule has 2 aromatic carbocycles. The molecule has 1 heterocycles. The van der Waals surface area contributed by atoms with E-state index in [2.05, 4.69) is 10.6 Å². The molecule has 2 N–H and O–H groups in total. The lowest BCUT2D eigenvalue weighted by Crippen LogP contribution is -2.32. The van der Waals surface area contributed by atoms with Crippen LogP contribution in [0.3, 0.4) is 0 Å². The molecule has 4 atom stereocenters. The summed E-state index contributed by atoms with van der Waals surface area (Å²) in [6, 6.07) is 12.6. The Morgan fingerprint density at radius 3 is 1.94 bits per heavy atom. The largest absolute Gasteiger partial charge is 0.452 e. The average molecular weight is 476 g/mol. The van der Waals surface area contributed by atoms with E-state index in [4.69, 9.17) is 4.74 Å². The molecule has 2 saturated carbocycles. The summed E-state index contributed by atoms with van der Waals surface area (Å²) in [6.07, 6.45) is 3.00. The highest BCUT2D eigenvalue weighted by molar-refractivity contribution is 6.22. The molecule has 0 spiro atoms. The topological polar surface area (TPSA) is 122 Å². The number of amides is 4. The number of anilines is 3. The first-order valence-corrected chi connectivity index (χ1v) is 11.6. The summed E-state index contributed by atoms with van der Waals surface area (Å²) >= 11 is 0. The van der Waals surface area contributed by atoms with Crippen LogP contribution in [0.15, 0.2) is 48.5 Å². The Labute approximate surface area is 201 Å². The van der Waals surface area contributed by atoms with E-state index in [0.29, 0.717) is 28.9 Å². The van der Waals surface area contributed by atoms with E-state index in [1.165, 1.54) is 24.0 Å². The predicted molar refractivity (Wildman–Crippen MR) is 126 cm³/mol. The monoisotopic (exact) mass is 475 g/mol. The summed E-state index contributed by atoms with van der Waals surface area (Å²) < 4.78 is 5.09. The summed E-state index contributed by atoms with van der Waals surface area (Å²) in [4.78, 5) is 62.7. The van der Waals surface area contributed by atoms with Crippen LogP contribution in [0.4, 0.5) is 17.1 Å². The van der Waals surface area contributed by atoms with Crippen molar-refractivity contribution in [1.82, 2.24) is 0 Å². The van der Waals surface area contributed by atoms with Crippen LogP contribution in [0.1, 0.15) is 36.5 Å². The number of ether oxygens (including phenoxy) is 1. The van der Waals surface area contributed by atoms with E-state index in [9.17, 15) is 24.0 Å². The van der Waals surface area contributed by atoms with E-state index in [0.717, 1.165) is 19.3 Å². The van der Waals surface area contributed by atoms with Crippen LogP contribution in [0.5, 0.6) is 0 Å². The van der Waals surface area contributed by atoms with Crippen LogP contribution in [-0.2, 0) is 23.9 Å². The van der Waals surface area contributed by atoms with Crippen molar-refractivity contribution in [3.8, 4) is 0 Å². The van der Waals surface area contributed by atoms with Gasteiger partial charge in [-0.2, -0.15) is 0 Å². The lowest BCUT2D eigenvalue weighted by atomic mass is 9.81. The zero-order valence-corrected chi connectivity index (χ0v) is 19.2. The van der Waals surface area contributed by atoms with Gasteiger partial charge in [-0.3, -0.25) is 24.1 Å². The highest BCUT2D eigenvalue weighted by Crippen LogP contribution is 2.56. The van der Waals surface area contributed by atoms with E-state index in [1.807, 2.05) is 0 Å². The molecule has 5 rings (SSSR count). The molecule has 9 nitrogen and oxygen atoms in total. The van der Waals surface area contributed by atoms with Crippen LogP contribution in [-0.4, -0.2) is 36.2 Å². The van der Waals surface area contributed by atoms with Crippen LogP contribution in [0.2, 0.25) is 0 Å². The molecule has 0 radical (unpaired) electrons. The highest BCUT2D eigenvalue weighted by atomic mass is 16.5. The van der Waals surface area contributed by atoms with E-state index in [1.54, 1.807) is 36.4 Å². The van der Waals surface area contributed by atoms with Crippen molar-refractivity contribution in [2.45, 2.75) is 26.2 Å². The number of imide groups is 1. The third-order valence-electron chi connectivity index (χ3n) is 7.11. The van der Waals surface area contributed by atoms with Crippen molar-refractivity contribution in [2.24, 2.45) is 23.7 Å². The SMILES string of the molecule is CC(=O)Nc1ccc(NC(=O)COC(=O)c2ccc(N3C(=O)[C@H]4[C@H]5CC[C@@H](C5)[C@@H]4C3=O)cc2)cc1. The van der Waals surface area contributed by atoms with Gasteiger partial charge in [0.05, 0.1) is 23.1 Å². The zero-order chi connectivity index (χ0) is 24.7. The van der Waals surface area contributed by atoms with E-state index >= 15 is 0 Å². The van der Waals surface area contributed by atoms with Crippen LogP contribution >= 0.6 is 0 Å². The van der Waals surface area contributed by atoms with Gasteiger partial charge in [0, 0.05) is 18.3 Å². The maximum atomic E-state index is 13.0. The summed E-state index contributed by atoms with van der Waals surface area (Å²) in [5, 5.41) is 5.23. The fourth-order valence-corrected chi connectivity index (χ4v) is 5.66. The van der Waals surface area contributed by atoms with Gasteiger partial charge < -0.3 is 15.4 Å². The van der Waals surface area contributed by atoms with Crippen molar-refractivity contribution in [3.05, 3.63) is 54.1 Å². The maximum Gasteiger partial charge on any atom is 0.338 e. The Bertz CT molecular complexity index is 1180. The summed E-state index contributed by atoms with van der Waals surface area (Å²) in [5.74, 6) is -1.47. The molecule has 9 heteroatoms. The summed E-state index contributed by atoms with van der Waals surface area (Å²) in [6.45, 7) is 0.917. The fourth-order valence-electron chi connectivity index (χ4n) is 5.66. The first-order valence-electron chi connectivity index (χ1n) is 11.6. The second-order valence-corrected chi connectivity index (χ2v) is 9.33. The Kier molecular flexibility index (Phi) is 5.84. The lowest BCUT2D eigenvalue weighted by Gasteiger charge is -2.19. The van der Waals surface area contributed by atoms with Crippen molar-refractivity contribution < 1.29 is 28.7 Å². The standard InChI is InChI=1S/C26H25N3O6/c1-14(30)27-18-6-8-19(9-7-18)28-21(31)13-35-26(34)15-4-10-20(11-5-15)29-24(32)22-16-2-3-17(12-16)23(22)25(29)33/h4-11,16-17,22-23H,2-3,12-13H2,1H3,(H,27,30)(H,28,31)/t16-,17-,22-,23-/m0/s1. The number of carbonyl (C=O) groups is 5. The zero-order valence-electron chi connectivity index (χ0n) is 19.2. The second-order valence-electron chi connectivity index (χ2n) is 9.33. The minimum Gasteiger partial charge on any atom is -0.452 e. The maximum absolute atomic E-state index is 13.0. The number of nitrogens with one attached hydrogen (secondary N) is 2. The van der Waals surface area contributed by atoms with E-state index < -0.39 is 18.5 Å². The van der Waals surface area contributed by atoms with Crippen molar-refractivity contribution in [3.63, 3.8) is 0 Å². The summed E-state index contributed by atoms with van der Waals surface area (Å²) in [5.41, 5.74) is 1.74. The van der Waals surface area contributed by atoms with Gasteiger partial charge in [-0.05, 0) is 79.6 Å². The third-order valence-corrected chi connectivity index (χ3v) is 7.11. The van der Waals surface area contributed by atoms with Crippen LogP contribution < -0.4 is 15.5 Å². The first-order chi connectivity index (χ1) is 16.8. The molecule has 1 saturated heterocycles. The molecular formula is C26H25N3O6. The van der Waals surface area contributed by atoms with Gasteiger partial charge in [0.1, 0.15) is 0 Å². The number of carbonyl (C=O) groups excluding carboxylic acids is 5. The number of fused-ring (bicyclic) bond motifs is 5. The van der Waals surface area contributed by atoms with Gasteiger partial charge in [0.15, 0.2) is 6.61 Å². The highest BCUT2D eigenvalue weighted by Gasteiger charge is 2.61. The molecule has 3 fully saturated rings. The average Bonchev–Trinajstić information content (AvgIpc) is 3.52. The molecule has 2 aliphatic carbocycles. The van der Waals surface area contributed by atoms with Gasteiger partial charge >= 0.3 is 5.97 Å². The number of nitrogens with zero attached hydrogens (tertiary/aromatic N) is 1. The van der Waals surface area contributed by atoms with Crippen molar-refractivity contribution >= 4 is 46.7 Å². The molecule has 180 valence electrons. The number of esters is 1. The number of benzene rings is 2. The van der Waals surface area contributed by atoms with E-state index in [-0.39, 0.29) is 35.1 Å². The van der Waals surface area contributed by atoms with Gasteiger partial charge in [-0.25, -0.2) is 4.79 Å². The number of rotatable bonds is 6. The minimum atomic E-state index is -0.693. The Morgan fingerprint density at radius 2 is 1.40 bits per heavy atom. The Hall–Kier alpha value is -4.01. The molecule has 1 aliphatic heterocycles. The molecule has 2 aromatic rings. The smallest absolute Gasteiger partial charge is 0.338 e. The molecule has 4 amide bonds. The van der Waals surface area contributed by atoms with Gasteiger partial charge in [0.25, 0.3) is 5.91 Å². The van der Waals surface area contributed by atoms with Gasteiger partial charge in [-0.1, -0.05) is 0 Å². The van der Waals surface area contributed by atoms with Crippen molar-refractivity contribution in [1.29, 1.82) is 0 Å². The molecule has 0 aromatic heterocycles. The molecule has 0 unspecified atom stereocenters. The quantitative estimate of drug-likeness (QED) is 0.489. The Morgan fingerprint density at radius 1 is 0.857 bits per heavy atom.